The number of anilines is 3. The molecule has 1 saturated carbocycles. The van der Waals surface area contributed by atoms with E-state index in [1.165, 1.54) is 64.9 Å². The van der Waals surface area contributed by atoms with E-state index >= 15 is 0 Å². The SMILES string of the molecule is C1=c2cccc(C3CCCCC3)c2=C(c2ccccc2N(c2cccc(-c3ccc4c(c3)oc3ccccc34)c2)c2cccc(-c3cccc4c3oc3ccccc34)c2)CC1. The van der Waals surface area contributed by atoms with Crippen LogP contribution < -0.4 is 15.3 Å². The smallest absolute Gasteiger partial charge is 0.143 e. The van der Waals surface area contributed by atoms with Gasteiger partial charge in [-0.05, 0) is 124 Å². The highest BCUT2D eigenvalue weighted by molar-refractivity contribution is 6.10. The largest absolute Gasteiger partial charge is 0.456 e. The Morgan fingerprint density at radius 1 is 0.459 bits per heavy atom. The molecular weight excluding hydrogens is 743 g/mol. The fraction of sp³-hybridized carbons (Fsp3) is 0.138. The van der Waals surface area contributed by atoms with Crippen molar-refractivity contribution in [2.75, 3.05) is 4.90 Å². The Labute approximate surface area is 355 Å². The van der Waals surface area contributed by atoms with Crippen LogP contribution in [0.2, 0.25) is 0 Å². The lowest BCUT2D eigenvalue weighted by Gasteiger charge is -2.30. The van der Waals surface area contributed by atoms with Crippen LogP contribution in [0.4, 0.5) is 17.1 Å². The highest BCUT2D eigenvalue weighted by Gasteiger charge is 2.24. The highest BCUT2D eigenvalue weighted by Crippen LogP contribution is 2.44. The first kappa shape index (κ1) is 35.8. The minimum atomic E-state index is 0.604. The molecule has 2 aliphatic carbocycles. The summed E-state index contributed by atoms with van der Waals surface area (Å²) in [5, 5.41) is 7.40. The third-order valence-electron chi connectivity index (χ3n) is 13.3. The molecule has 0 N–H and O–H groups in total. The van der Waals surface area contributed by atoms with E-state index in [1.54, 1.807) is 0 Å². The molecule has 0 saturated heterocycles. The summed E-state index contributed by atoms with van der Waals surface area (Å²) in [7, 11) is 0. The molecule has 2 aromatic heterocycles. The molecule has 0 bridgehead atoms. The fourth-order valence-corrected chi connectivity index (χ4v) is 10.5. The van der Waals surface area contributed by atoms with E-state index in [2.05, 4.69) is 169 Å². The molecule has 0 aliphatic heterocycles. The third-order valence-corrected chi connectivity index (χ3v) is 13.3. The predicted octanol–water partition coefficient (Wildman–Crippen LogP) is 15.1. The number of furan rings is 2. The van der Waals surface area contributed by atoms with Gasteiger partial charge in [-0.1, -0.05) is 147 Å². The van der Waals surface area contributed by atoms with Gasteiger partial charge in [0.25, 0.3) is 0 Å². The van der Waals surface area contributed by atoms with E-state index in [9.17, 15) is 0 Å². The predicted molar refractivity (Wildman–Crippen MR) is 254 cm³/mol. The Kier molecular flexibility index (Phi) is 8.73. The molecule has 8 aromatic carbocycles. The Bertz CT molecular complexity index is 3430. The number of para-hydroxylation sites is 4. The molecule has 10 aromatic rings. The molecule has 3 nitrogen and oxygen atoms in total. The molecule has 0 amide bonds. The van der Waals surface area contributed by atoms with Crippen LogP contribution in [0, 0.1) is 0 Å². The first-order valence-corrected chi connectivity index (χ1v) is 22.0. The molecule has 0 spiro atoms. The van der Waals surface area contributed by atoms with Gasteiger partial charge in [0.2, 0.25) is 0 Å². The maximum absolute atomic E-state index is 6.59. The molecule has 0 radical (unpaired) electrons. The van der Waals surface area contributed by atoms with Gasteiger partial charge in [-0.2, -0.15) is 0 Å². The summed E-state index contributed by atoms with van der Waals surface area (Å²) in [5.41, 5.74) is 15.7. The van der Waals surface area contributed by atoms with Crippen LogP contribution in [0.1, 0.15) is 62.0 Å². The highest BCUT2D eigenvalue weighted by atomic mass is 16.3. The summed E-state index contributed by atoms with van der Waals surface area (Å²) >= 11 is 0. The summed E-state index contributed by atoms with van der Waals surface area (Å²) in [6.07, 6.45) is 11.0. The quantitative estimate of drug-likeness (QED) is 0.161. The zero-order valence-electron chi connectivity index (χ0n) is 34.1. The Hall–Kier alpha value is -7.10. The van der Waals surface area contributed by atoms with E-state index in [-0.39, 0.29) is 0 Å². The number of rotatable bonds is 7. The van der Waals surface area contributed by atoms with Gasteiger partial charge in [0, 0.05) is 44.0 Å². The van der Waals surface area contributed by atoms with Crippen molar-refractivity contribution in [2.45, 2.75) is 50.9 Å². The van der Waals surface area contributed by atoms with Gasteiger partial charge < -0.3 is 13.7 Å². The van der Waals surface area contributed by atoms with Gasteiger partial charge in [0.15, 0.2) is 0 Å². The second kappa shape index (κ2) is 14.9. The van der Waals surface area contributed by atoms with Crippen LogP contribution in [-0.4, -0.2) is 0 Å². The van der Waals surface area contributed by atoms with Crippen LogP contribution in [0.15, 0.2) is 185 Å². The zero-order chi connectivity index (χ0) is 40.3. The number of hydrogen-bond donors (Lipinski definition) is 0. The summed E-state index contributed by atoms with van der Waals surface area (Å²) in [4.78, 5) is 2.48. The van der Waals surface area contributed by atoms with Crippen molar-refractivity contribution in [2.24, 2.45) is 0 Å². The second-order valence-corrected chi connectivity index (χ2v) is 16.9. The summed E-state index contributed by atoms with van der Waals surface area (Å²) in [6, 6.07) is 64.0. The minimum Gasteiger partial charge on any atom is -0.456 e. The molecule has 3 heteroatoms. The van der Waals surface area contributed by atoms with Crippen molar-refractivity contribution in [3.8, 4) is 22.3 Å². The lowest BCUT2D eigenvalue weighted by atomic mass is 9.80. The molecule has 1 fully saturated rings. The molecule has 294 valence electrons. The summed E-state index contributed by atoms with van der Waals surface area (Å²) in [6.45, 7) is 0. The van der Waals surface area contributed by atoms with Gasteiger partial charge >= 0.3 is 0 Å². The van der Waals surface area contributed by atoms with Crippen LogP contribution in [0.5, 0.6) is 0 Å². The second-order valence-electron chi connectivity index (χ2n) is 16.9. The molecular formula is C58H45NO2. The average Bonchev–Trinajstić information content (AvgIpc) is 3.90. The molecule has 2 heterocycles. The third kappa shape index (κ3) is 6.18. The molecule has 0 unspecified atom stereocenters. The van der Waals surface area contributed by atoms with Gasteiger partial charge in [0.05, 0.1) is 5.69 Å². The van der Waals surface area contributed by atoms with Crippen LogP contribution in [0.25, 0.3) is 77.8 Å². The van der Waals surface area contributed by atoms with Crippen molar-refractivity contribution in [3.05, 3.63) is 197 Å². The van der Waals surface area contributed by atoms with E-state index in [4.69, 9.17) is 8.83 Å². The maximum atomic E-state index is 6.59. The van der Waals surface area contributed by atoms with Gasteiger partial charge in [0.1, 0.15) is 22.3 Å². The minimum absolute atomic E-state index is 0.604. The normalized spacial score (nSPS) is 14.5. The average molecular weight is 788 g/mol. The van der Waals surface area contributed by atoms with E-state index in [1.807, 2.05) is 18.2 Å². The first-order chi connectivity index (χ1) is 30.2. The summed E-state index contributed by atoms with van der Waals surface area (Å²) < 4.78 is 13.0. The van der Waals surface area contributed by atoms with Crippen LogP contribution in [-0.2, 0) is 0 Å². The Morgan fingerprint density at radius 2 is 1.10 bits per heavy atom. The van der Waals surface area contributed by atoms with Crippen molar-refractivity contribution >= 4 is 72.6 Å². The molecule has 12 rings (SSSR count). The number of hydrogen-bond acceptors (Lipinski definition) is 3. The molecule has 2 aliphatic rings. The van der Waals surface area contributed by atoms with Crippen molar-refractivity contribution in [1.82, 2.24) is 0 Å². The standard InChI is InChI=1S/C58H45NO2/c1-2-15-38(16-3-1)45-26-12-17-39-18-13-28-51(57(39)45)47-23-4-7-30-53(47)59(43-21-10-19-40(35-43)41-33-34-50-48-24-5-8-31-54(48)60-56(50)37-41)44-22-11-20-42(36-44)46-27-14-29-52-49-25-6-9-32-55(49)61-58(46)52/h4-12,14,17-27,29-38H,1-3,13,15-16,28H2. The topological polar surface area (TPSA) is 29.5 Å². The van der Waals surface area contributed by atoms with Crippen LogP contribution in [0.3, 0.4) is 0 Å². The molecule has 61 heavy (non-hydrogen) atoms. The first-order valence-electron chi connectivity index (χ1n) is 22.0. The van der Waals surface area contributed by atoms with Crippen molar-refractivity contribution in [1.29, 1.82) is 0 Å². The van der Waals surface area contributed by atoms with E-state index in [0.717, 1.165) is 90.3 Å². The van der Waals surface area contributed by atoms with Crippen molar-refractivity contribution < 1.29 is 8.83 Å². The summed E-state index contributed by atoms with van der Waals surface area (Å²) in [5.74, 6) is 0.604. The lowest BCUT2D eigenvalue weighted by molar-refractivity contribution is 0.442. The van der Waals surface area contributed by atoms with Gasteiger partial charge in [-0.25, -0.2) is 0 Å². The monoisotopic (exact) mass is 787 g/mol. The maximum Gasteiger partial charge on any atom is 0.143 e. The Balaban J connectivity index is 1.07. The Morgan fingerprint density at radius 3 is 1.95 bits per heavy atom. The lowest BCUT2D eigenvalue weighted by Crippen LogP contribution is -2.35. The van der Waals surface area contributed by atoms with Crippen molar-refractivity contribution in [3.63, 3.8) is 0 Å². The number of nitrogens with zero attached hydrogens (tertiary/aromatic N) is 1. The zero-order valence-corrected chi connectivity index (χ0v) is 34.1. The van der Waals surface area contributed by atoms with Gasteiger partial charge in [-0.3, -0.25) is 0 Å². The fourth-order valence-electron chi connectivity index (χ4n) is 10.5. The molecule has 0 atom stereocenters. The number of benzene rings is 8. The number of fused-ring (bicyclic) bond motifs is 7. The van der Waals surface area contributed by atoms with Crippen LogP contribution >= 0.6 is 0 Å². The van der Waals surface area contributed by atoms with E-state index in [0.29, 0.717) is 5.92 Å². The van der Waals surface area contributed by atoms with E-state index < -0.39 is 0 Å². The van der Waals surface area contributed by atoms with Gasteiger partial charge in [-0.15, -0.1) is 0 Å².